The largest absolute Gasteiger partial charge is 0.504 e. The maximum atomic E-state index is 9.74. The van der Waals surface area contributed by atoms with Crippen LogP contribution in [0.2, 0.25) is 10.0 Å². The normalized spacial score (nSPS) is 10.1. The fourth-order valence-electron chi connectivity index (χ4n) is 5.04. The van der Waals surface area contributed by atoms with Gasteiger partial charge in [-0.1, -0.05) is 79.3 Å². The number of phenolic OH excluding ortho intramolecular Hbond substituents is 1. The summed E-state index contributed by atoms with van der Waals surface area (Å²) < 4.78 is 29.9. The molecule has 1 N–H and O–H groups in total. The fraction of sp³-hybridized carbons (Fsp3) is 0.182. The molecule has 10 nitrogen and oxygen atoms in total. The molecule has 304 valence electrons. The van der Waals surface area contributed by atoms with Crippen molar-refractivity contribution < 1.29 is 28.8 Å². The molecule has 6 rings (SSSR count). The molecule has 0 aliphatic heterocycles. The zero-order chi connectivity index (χ0) is 42.9. The van der Waals surface area contributed by atoms with Crippen molar-refractivity contribution in [2.75, 3.05) is 14.2 Å². The van der Waals surface area contributed by atoms with E-state index in [0.717, 1.165) is 42.3 Å². The van der Waals surface area contributed by atoms with Crippen molar-refractivity contribution >= 4 is 66.7 Å². The number of alkyl halides is 1. The molecule has 4 aromatic carbocycles. The average molecular weight is 984 g/mol. The Hall–Kier alpha value is -5.21. The predicted octanol–water partition coefficient (Wildman–Crippen LogP) is 12.2. The van der Waals surface area contributed by atoms with Crippen LogP contribution >= 0.6 is 66.7 Å². The van der Waals surface area contributed by atoms with Crippen molar-refractivity contribution in [3.8, 4) is 46.6 Å². The zero-order valence-corrected chi connectivity index (χ0v) is 37.7. The summed E-state index contributed by atoms with van der Waals surface area (Å²) >= 11 is 25.0. The quantitative estimate of drug-likeness (QED) is 0.118. The van der Waals surface area contributed by atoms with Crippen molar-refractivity contribution in [1.82, 2.24) is 9.97 Å². The maximum Gasteiger partial charge on any atom is 0.165 e. The molecule has 0 aliphatic rings. The number of nitriles is 2. The SMILES string of the molecule is COc1cc(Cl)c(OCc2cccc(Br)c2C)cc1O.COc1cc(Cl)c(OCc2cccc(Br)c2C)cc1OCc1cncc(C#N)c1.N#Cc1cncc(CCl)c1. The second-order valence-electron chi connectivity index (χ2n) is 12.3. The van der Waals surface area contributed by atoms with Crippen molar-refractivity contribution in [2.45, 2.75) is 39.5 Å². The summed E-state index contributed by atoms with van der Waals surface area (Å²) in [5, 5.41) is 28.0. The van der Waals surface area contributed by atoms with E-state index in [-0.39, 0.29) is 12.4 Å². The van der Waals surface area contributed by atoms with Gasteiger partial charge in [0, 0.05) is 69.4 Å². The van der Waals surface area contributed by atoms with Gasteiger partial charge in [0.15, 0.2) is 23.0 Å². The number of nitrogens with zero attached hydrogens (tertiary/aromatic N) is 4. The monoisotopic (exact) mass is 980 g/mol. The van der Waals surface area contributed by atoms with Crippen LogP contribution in [-0.4, -0.2) is 29.3 Å². The third-order valence-corrected chi connectivity index (χ3v) is 11.0. The van der Waals surface area contributed by atoms with Crippen molar-refractivity contribution in [3.05, 3.63) is 161 Å². The van der Waals surface area contributed by atoms with E-state index in [1.165, 1.54) is 31.6 Å². The highest BCUT2D eigenvalue weighted by atomic mass is 79.9. The summed E-state index contributed by atoms with van der Waals surface area (Å²) in [4.78, 5) is 7.86. The van der Waals surface area contributed by atoms with Crippen molar-refractivity contribution in [2.24, 2.45) is 0 Å². The van der Waals surface area contributed by atoms with Gasteiger partial charge in [-0.05, 0) is 65.9 Å². The lowest BCUT2D eigenvalue weighted by molar-refractivity contribution is 0.274. The molecule has 59 heavy (non-hydrogen) atoms. The smallest absolute Gasteiger partial charge is 0.165 e. The molecule has 0 spiro atoms. The lowest BCUT2D eigenvalue weighted by Crippen LogP contribution is -2.02. The molecule has 6 aromatic rings. The van der Waals surface area contributed by atoms with Gasteiger partial charge in [0.25, 0.3) is 0 Å². The molecular formula is C44H37Br2Cl3N4O6. The predicted molar refractivity (Wildman–Crippen MR) is 236 cm³/mol. The number of rotatable bonds is 12. The topological polar surface area (TPSA) is 140 Å². The second-order valence-corrected chi connectivity index (χ2v) is 15.1. The Bertz CT molecular complexity index is 2460. The number of phenols is 1. The van der Waals surface area contributed by atoms with E-state index in [0.29, 0.717) is 69.0 Å². The first-order chi connectivity index (χ1) is 28.4. The summed E-state index contributed by atoms with van der Waals surface area (Å²) in [7, 11) is 3.01. The molecule has 0 saturated heterocycles. The number of hydrogen-bond donors (Lipinski definition) is 1. The Morgan fingerprint density at radius 1 is 0.610 bits per heavy atom. The van der Waals surface area contributed by atoms with Gasteiger partial charge >= 0.3 is 0 Å². The maximum absolute atomic E-state index is 9.74. The fourth-order valence-corrected chi connectivity index (χ4v) is 6.41. The van der Waals surface area contributed by atoms with E-state index in [9.17, 15) is 5.11 Å². The lowest BCUT2D eigenvalue weighted by Gasteiger charge is -2.15. The van der Waals surface area contributed by atoms with Gasteiger partial charge in [-0.3, -0.25) is 9.97 Å². The third kappa shape index (κ3) is 13.7. The number of aromatic hydroxyl groups is 1. The van der Waals surface area contributed by atoms with Crippen LogP contribution in [0.25, 0.3) is 0 Å². The average Bonchev–Trinajstić information content (AvgIpc) is 3.25. The highest BCUT2D eigenvalue weighted by Gasteiger charge is 2.14. The Kier molecular flexibility index (Phi) is 18.4. The summed E-state index contributed by atoms with van der Waals surface area (Å²) in [5.74, 6) is 2.61. The number of ether oxygens (including phenoxy) is 5. The molecule has 2 heterocycles. The number of hydrogen-bond acceptors (Lipinski definition) is 10. The minimum absolute atomic E-state index is 0.00198. The Labute approximate surface area is 375 Å². The number of pyridine rings is 2. The molecule has 0 amide bonds. The second kappa shape index (κ2) is 23.4. The zero-order valence-electron chi connectivity index (χ0n) is 32.2. The Morgan fingerprint density at radius 2 is 1.08 bits per heavy atom. The molecule has 2 aromatic heterocycles. The molecule has 0 atom stereocenters. The summed E-state index contributed by atoms with van der Waals surface area (Å²) in [6, 6.07) is 25.7. The molecule has 0 aliphatic carbocycles. The van der Waals surface area contributed by atoms with Gasteiger partial charge in [0.1, 0.15) is 43.5 Å². The molecule has 0 fully saturated rings. The van der Waals surface area contributed by atoms with Crippen molar-refractivity contribution in [3.63, 3.8) is 0 Å². The Morgan fingerprint density at radius 3 is 1.59 bits per heavy atom. The van der Waals surface area contributed by atoms with Crippen LogP contribution in [0, 0.1) is 36.5 Å². The van der Waals surface area contributed by atoms with Crippen LogP contribution < -0.4 is 23.7 Å². The van der Waals surface area contributed by atoms with Crippen LogP contribution in [-0.2, 0) is 25.7 Å². The van der Waals surface area contributed by atoms with E-state index in [1.54, 1.807) is 43.8 Å². The van der Waals surface area contributed by atoms with E-state index < -0.39 is 0 Å². The van der Waals surface area contributed by atoms with Crippen LogP contribution in [0.1, 0.15) is 44.5 Å². The molecule has 0 radical (unpaired) electrons. The third-order valence-electron chi connectivity index (χ3n) is 8.37. The minimum Gasteiger partial charge on any atom is -0.504 e. The number of methoxy groups -OCH3 is 2. The number of aromatic nitrogens is 2. The first kappa shape index (κ1) is 46.5. The minimum atomic E-state index is -0.00198. The lowest BCUT2D eigenvalue weighted by atomic mass is 10.1. The van der Waals surface area contributed by atoms with Crippen LogP contribution in [0.5, 0.6) is 34.5 Å². The van der Waals surface area contributed by atoms with Gasteiger partial charge in [0.05, 0.1) is 35.4 Å². The van der Waals surface area contributed by atoms with E-state index in [1.807, 2.05) is 56.3 Å². The first-order valence-electron chi connectivity index (χ1n) is 17.5. The van der Waals surface area contributed by atoms with Gasteiger partial charge < -0.3 is 28.8 Å². The Balaban J connectivity index is 0.000000220. The van der Waals surface area contributed by atoms with E-state index in [2.05, 4.69) is 47.9 Å². The number of halogens is 5. The van der Waals surface area contributed by atoms with Gasteiger partial charge in [-0.15, -0.1) is 11.6 Å². The highest BCUT2D eigenvalue weighted by Crippen LogP contribution is 2.39. The molecular weight excluding hydrogens is 947 g/mol. The van der Waals surface area contributed by atoms with E-state index in [4.69, 9.17) is 69.0 Å². The van der Waals surface area contributed by atoms with Crippen LogP contribution in [0.3, 0.4) is 0 Å². The molecule has 0 saturated carbocycles. The first-order valence-corrected chi connectivity index (χ1v) is 20.3. The molecule has 0 unspecified atom stereocenters. The summed E-state index contributed by atoms with van der Waals surface area (Å²) in [6.07, 6.45) is 6.31. The molecule has 0 bridgehead atoms. The standard InChI is InChI=1S/C22H18BrClN2O3.C15H14BrClO3.C7H5ClN2/c1-14-17(4-3-5-18(14)23)13-29-20-8-22(21(27-2)7-19(20)24)28-12-16-6-15(9-25)10-26-11-16;1-9-10(4-3-5-11(9)16)8-20-14-7-13(18)15(19-2)6-12(14)17;8-2-6-1-7(3-9)5-10-4-6/h3-8,10-11H,12-13H2,1-2H3;3-7,18H,8H2,1-2H3;1,4-5H,2H2. The summed E-state index contributed by atoms with van der Waals surface area (Å²) in [6.45, 7) is 5.00. The van der Waals surface area contributed by atoms with E-state index >= 15 is 0 Å². The summed E-state index contributed by atoms with van der Waals surface area (Å²) in [5.41, 5.74) is 6.99. The van der Waals surface area contributed by atoms with Crippen LogP contribution in [0.15, 0.2) is 107 Å². The number of benzene rings is 4. The highest BCUT2D eigenvalue weighted by molar-refractivity contribution is 9.10. The van der Waals surface area contributed by atoms with Gasteiger partial charge in [-0.25, -0.2) is 0 Å². The van der Waals surface area contributed by atoms with Gasteiger partial charge in [-0.2, -0.15) is 10.5 Å². The van der Waals surface area contributed by atoms with Crippen LogP contribution in [0.4, 0.5) is 0 Å². The molecule has 15 heteroatoms. The van der Waals surface area contributed by atoms with Gasteiger partial charge in [0.2, 0.25) is 0 Å². The van der Waals surface area contributed by atoms with Crippen molar-refractivity contribution in [1.29, 1.82) is 10.5 Å².